The Balaban J connectivity index is 2.14. The summed E-state index contributed by atoms with van der Waals surface area (Å²) in [6.07, 6.45) is 2.75. The third kappa shape index (κ3) is 1.86. The molecule has 0 saturated heterocycles. The number of hydrogen-bond acceptors (Lipinski definition) is 2. The zero-order valence-electron chi connectivity index (χ0n) is 9.37. The van der Waals surface area contributed by atoms with Gasteiger partial charge in [-0.2, -0.15) is 0 Å². The number of nitrogens with zero attached hydrogens (tertiary/aromatic N) is 1. The van der Waals surface area contributed by atoms with Crippen LogP contribution >= 0.6 is 15.9 Å². The Labute approximate surface area is 109 Å². The lowest BCUT2D eigenvalue weighted by Gasteiger charge is -2.32. The van der Waals surface area contributed by atoms with E-state index in [9.17, 15) is 4.79 Å². The van der Waals surface area contributed by atoms with Crippen LogP contribution in [0, 0.1) is 0 Å². The average molecular weight is 293 g/mol. The van der Waals surface area contributed by atoms with Gasteiger partial charge in [-0.25, -0.2) is 0 Å². The molecule has 0 radical (unpaired) electrons. The lowest BCUT2D eigenvalue weighted by atomic mass is 9.96. The first-order valence-electron chi connectivity index (χ1n) is 5.78. The van der Waals surface area contributed by atoms with Gasteiger partial charge in [0.1, 0.15) is 0 Å². The summed E-state index contributed by atoms with van der Waals surface area (Å²) in [7, 11) is 0. The molecule has 0 unspecified atom stereocenters. The largest absolute Gasteiger partial charge is 0.369 e. The molecular formula is C13H13BrN2O. The number of carbonyl (C=O) groups is 1. The van der Waals surface area contributed by atoms with Crippen molar-refractivity contribution in [3.8, 4) is 0 Å². The first-order chi connectivity index (χ1) is 8.25. The fourth-order valence-corrected chi connectivity index (χ4v) is 3.05. The third-order valence-corrected chi connectivity index (χ3v) is 4.06. The fraction of sp³-hybridized carbons (Fsp3) is 0.308. The highest BCUT2D eigenvalue weighted by molar-refractivity contribution is 9.10. The molecule has 0 saturated carbocycles. The standard InChI is InChI=1S/C13H13BrN2O/c14-11-3-1-2-10-9(11)4-6-16-7-5-15-13(17)8-12(10)16/h1-3,8H,4-7H2,(H,15,17). The molecule has 1 N–H and O–H groups in total. The topological polar surface area (TPSA) is 32.3 Å². The summed E-state index contributed by atoms with van der Waals surface area (Å²) in [6, 6.07) is 6.18. The molecule has 1 aromatic rings. The molecule has 0 bridgehead atoms. The van der Waals surface area contributed by atoms with Crippen molar-refractivity contribution in [3.05, 3.63) is 39.9 Å². The number of nitrogens with one attached hydrogen (secondary N) is 1. The van der Waals surface area contributed by atoms with Gasteiger partial charge in [-0.3, -0.25) is 4.79 Å². The van der Waals surface area contributed by atoms with Crippen LogP contribution < -0.4 is 5.32 Å². The van der Waals surface area contributed by atoms with Crippen LogP contribution in [0.2, 0.25) is 0 Å². The predicted octanol–water partition coefficient (Wildman–Crippen LogP) is 1.78. The second-order valence-electron chi connectivity index (χ2n) is 4.32. The number of fused-ring (bicyclic) bond motifs is 3. The van der Waals surface area contributed by atoms with Crippen molar-refractivity contribution in [2.75, 3.05) is 19.6 Å². The molecule has 3 rings (SSSR count). The summed E-state index contributed by atoms with van der Waals surface area (Å²) in [5.74, 6) is 0.00956. The Kier molecular flexibility index (Phi) is 2.67. The van der Waals surface area contributed by atoms with Gasteiger partial charge in [-0.05, 0) is 18.1 Å². The van der Waals surface area contributed by atoms with Gasteiger partial charge < -0.3 is 10.2 Å². The third-order valence-electron chi connectivity index (χ3n) is 3.32. The maximum atomic E-state index is 11.6. The quantitative estimate of drug-likeness (QED) is 0.791. The van der Waals surface area contributed by atoms with Gasteiger partial charge in [0.25, 0.3) is 0 Å². The maximum absolute atomic E-state index is 11.6. The first kappa shape index (κ1) is 10.8. The number of halogens is 1. The van der Waals surface area contributed by atoms with Crippen LogP contribution in [-0.4, -0.2) is 30.4 Å². The van der Waals surface area contributed by atoms with Gasteiger partial charge in [0, 0.05) is 41.4 Å². The zero-order valence-corrected chi connectivity index (χ0v) is 11.0. The molecule has 17 heavy (non-hydrogen) atoms. The van der Waals surface area contributed by atoms with Crippen LogP contribution in [0.15, 0.2) is 28.7 Å². The predicted molar refractivity (Wildman–Crippen MR) is 70.4 cm³/mol. The highest BCUT2D eigenvalue weighted by Gasteiger charge is 2.24. The van der Waals surface area contributed by atoms with Crippen molar-refractivity contribution in [1.82, 2.24) is 10.2 Å². The summed E-state index contributed by atoms with van der Waals surface area (Å²) in [4.78, 5) is 13.9. The van der Waals surface area contributed by atoms with Gasteiger partial charge in [0.15, 0.2) is 0 Å². The van der Waals surface area contributed by atoms with E-state index in [1.54, 1.807) is 6.08 Å². The van der Waals surface area contributed by atoms with Crippen molar-refractivity contribution in [2.24, 2.45) is 0 Å². The second-order valence-corrected chi connectivity index (χ2v) is 5.18. The first-order valence-corrected chi connectivity index (χ1v) is 6.57. The number of hydrogen-bond donors (Lipinski definition) is 1. The minimum Gasteiger partial charge on any atom is -0.369 e. The van der Waals surface area contributed by atoms with E-state index in [0.29, 0.717) is 0 Å². The van der Waals surface area contributed by atoms with Gasteiger partial charge in [-0.15, -0.1) is 0 Å². The van der Waals surface area contributed by atoms with Gasteiger partial charge in [0.2, 0.25) is 5.91 Å². The normalized spacial score (nSPS) is 18.8. The second kappa shape index (κ2) is 4.18. The van der Waals surface area contributed by atoms with Gasteiger partial charge >= 0.3 is 0 Å². The minimum atomic E-state index is 0.00956. The molecule has 2 aliphatic heterocycles. The molecule has 4 heteroatoms. The van der Waals surface area contributed by atoms with E-state index in [4.69, 9.17) is 0 Å². The average Bonchev–Trinajstić information content (AvgIpc) is 2.50. The molecule has 0 aromatic heterocycles. The van der Waals surface area contributed by atoms with E-state index in [1.165, 1.54) is 11.1 Å². The molecule has 0 aliphatic carbocycles. The lowest BCUT2D eigenvalue weighted by Crippen LogP contribution is -2.33. The smallest absolute Gasteiger partial charge is 0.246 e. The van der Waals surface area contributed by atoms with Crippen molar-refractivity contribution < 1.29 is 4.79 Å². The Bertz CT molecular complexity index is 510. The van der Waals surface area contributed by atoms with Crippen molar-refractivity contribution in [2.45, 2.75) is 6.42 Å². The Morgan fingerprint density at radius 3 is 3.06 bits per heavy atom. The molecule has 88 valence electrons. The van der Waals surface area contributed by atoms with Crippen molar-refractivity contribution in [1.29, 1.82) is 0 Å². The summed E-state index contributed by atoms with van der Waals surface area (Å²) in [5, 5.41) is 2.88. The molecule has 0 atom stereocenters. The van der Waals surface area contributed by atoms with E-state index in [1.807, 2.05) is 6.07 Å². The lowest BCUT2D eigenvalue weighted by molar-refractivity contribution is -0.116. The Morgan fingerprint density at radius 2 is 2.18 bits per heavy atom. The van der Waals surface area contributed by atoms with Crippen LogP contribution in [0.5, 0.6) is 0 Å². The van der Waals surface area contributed by atoms with E-state index in [2.05, 4.69) is 38.3 Å². The van der Waals surface area contributed by atoms with Crippen LogP contribution in [0.1, 0.15) is 11.1 Å². The van der Waals surface area contributed by atoms with E-state index < -0.39 is 0 Å². The monoisotopic (exact) mass is 292 g/mol. The number of benzene rings is 1. The van der Waals surface area contributed by atoms with Gasteiger partial charge in [-0.1, -0.05) is 28.1 Å². The van der Waals surface area contributed by atoms with Crippen molar-refractivity contribution >= 4 is 27.5 Å². The summed E-state index contributed by atoms with van der Waals surface area (Å²) in [5.41, 5.74) is 3.55. The van der Waals surface area contributed by atoms with Crippen LogP contribution in [0.25, 0.3) is 5.70 Å². The van der Waals surface area contributed by atoms with E-state index in [0.717, 1.165) is 36.2 Å². The molecule has 1 amide bonds. The van der Waals surface area contributed by atoms with Crippen LogP contribution in [0.4, 0.5) is 0 Å². The number of rotatable bonds is 0. The Morgan fingerprint density at radius 1 is 1.29 bits per heavy atom. The molecule has 0 fully saturated rings. The highest BCUT2D eigenvalue weighted by atomic mass is 79.9. The SMILES string of the molecule is O=C1C=C2c3cccc(Br)c3CCN2CCN1. The summed E-state index contributed by atoms with van der Waals surface area (Å²) < 4.78 is 1.14. The molecular weight excluding hydrogens is 280 g/mol. The highest BCUT2D eigenvalue weighted by Crippen LogP contribution is 2.33. The van der Waals surface area contributed by atoms with Crippen LogP contribution in [-0.2, 0) is 11.2 Å². The summed E-state index contributed by atoms with van der Waals surface area (Å²) in [6.45, 7) is 2.60. The molecule has 2 heterocycles. The zero-order chi connectivity index (χ0) is 11.8. The molecule has 3 nitrogen and oxygen atoms in total. The van der Waals surface area contributed by atoms with Gasteiger partial charge in [0.05, 0.1) is 0 Å². The van der Waals surface area contributed by atoms with E-state index >= 15 is 0 Å². The van der Waals surface area contributed by atoms with Crippen molar-refractivity contribution in [3.63, 3.8) is 0 Å². The summed E-state index contributed by atoms with van der Waals surface area (Å²) >= 11 is 3.59. The number of carbonyl (C=O) groups excluding carboxylic acids is 1. The van der Waals surface area contributed by atoms with Crippen LogP contribution in [0.3, 0.4) is 0 Å². The maximum Gasteiger partial charge on any atom is 0.246 e. The Hall–Kier alpha value is -1.29. The fourth-order valence-electron chi connectivity index (χ4n) is 2.48. The molecule has 1 aromatic carbocycles. The van der Waals surface area contributed by atoms with E-state index in [-0.39, 0.29) is 5.91 Å². The molecule has 2 aliphatic rings. The molecule has 0 spiro atoms. The minimum absolute atomic E-state index is 0.00956. The number of amides is 1.